The van der Waals surface area contributed by atoms with Crippen molar-refractivity contribution >= 4 is 34.0 Å². The SMILES string of the molecule is COc1ccc(NC(=O)Cn2nc(C)c3ccccc3c2=O)cc1Cl. The van der Waals surface area contributed by atoms with Crippen LogP contribution in [0.4, 0.5) is 5.69 Å². The van der Waals surface area contributed by atoms with E-state index in [1.165, 1.54) is 7.11 Å². The number of nitrogens with zero attached hydrogens (tertiary/aromatic N) is 2. The number of rotatable bonds is 4. The maximum atomic E-state index is 12.5. The lowest BCUT2D eigenvalue weighted by Crippen LogP contribution is -2.30. The highest BCUT2D eigenvalue weighted by atomic mass is 35.5. The number of methoxy groups -OCH3 is 1. The van der Waals surface area contributed by atoms with Crippen molar-refractivity contribution in [3.8, 4) is 5.75 Å². The Bertz CT molecular complexity index is 1010. The number of hydrogen-bond donors (Lipinski definition) is 1. The summed E-state index contributed by atoms with van der Waals surface area (Å²) in [6.45, 7) is 1.62. The maximum absolute atomic E-state index is 12.5. The average Bonchev–Trinajstić information content (AvgIpc) is 2.59. The molecular formula is C18H16ClN3O3. The van der Waals surface area contributed by atoms with Gasteiger partial charge < -0.3 is 10.1 Å². The van der Waals surface area contributed by atoms with Crippen molar-refractivity contribution in [3.05, 3.63) is 63.5 Å². The molecule has 0 saturated carbocycles. The lowest BCUT2D eigenvalue weighted by atomic mass is 10.1. The van der Waals surface area contributed by atoms with Crippen LogP contribution in [0.15, 0.2) is 47.3 Å². The summed E-state index contributed by atoms with van der Waals surface area (Å²) >= 11 is 6.04. The third kappa shape index (κ3) is 3.49. The van der Waals surface area contributed by atoms with Gasteiger partial charge >= 0.3 is 0 Å². The van der Waals surface area contributed by atoms with E-state index in [4.69, 9.17) is 16.3 Å². The quantitative estimate of drug-likeness (QED) is 0.779. The molecule has 0 bridgehead atoms. The molecule has 1 heterocycles. The molecule has 2 aromatic carbocycles. The van der Waals surface area contributed by atoms with E-state index >= 15 is 0 Å². The lowest BCUT2D eigenvalue weighted by molar-refractivity contribution is -0.117. The highest BCUT2D eigenvalue weighted by Crippen LogP contribution is 2.27. The van der Waals surface area contributed by atoms with Gasteiger partial charge in [-0.05, 0) is 31.2 Å². The van der Waals surface area contributed by atoms with Gasteiger partial charge in [-0.15, -0.1) is 0 Å². The number of benzene rings is 2. The fraction of sp³-hybridized carbons (Fsp3) is 0.167. The van der Waals surface area contributed by atoms with E-state index in [9.17, 15) is 9.59 Å². The summed E-state index contributed by atoms with van der Waals surface area (Å²) in [5.74, 6) is 0.147. The van der Waals surface area contributed by atoms with Crippen LogP contribution in [0.5, 0.6) is 5.75 Å². The van der Waals surface area contributed by atoms with Crippen molar-refractivity contribution in [2.75, 3.05) is 12.4 Å². The van der Waals surface area contributed by atoms with Crippen LogP contribution < -0.4 is 15.6 Å². The largest absolute Gasteiger partial charge is 0.495 e. The van der Waals surface area contributed by atoms with Crippen LogP contribution in [-0.2, 0) is 11.3 Å². The number of anilines is 1. The number of halogens is 1. The van der Waals surface area contributed by atoms with Gasteiger partial charge in [0, 0.05) is 11.1 Å². The molecule has 1 aromatic heterocycles. The van der Waals surface area contributed by atoms with E-state index in [2.05, 4.69) is 10.4 Å². The first-order chi connectivity index (χ1) is 12.0. The number of fused-ring (bicyclic) bond motifs is 1. The summed E-state index contributed by atoms with van der Waals surface area (Å²) in [4.78, 5) is 24.8. The normalized spacial score (nSPS) is 10.7. The first kappa shape index (κ1) is 17.0. The van der Waals surface area contributed by atoms with Crippen molar-refractivity contribution in [2.24, 2.45) is 0 Å². The Morgan fingerprint density at radius 1 is 1.24 bits per heavy atom. The molecule has 6 nitrogen and oxygen atoms in total. The van der Waals surface area contributed by atoms with Gasteiger partial charge in [0.1, 0.15) is 12.3 Å². The molecule has 1 N–H and O–H groups in total. The molecule has 25 heavy (non-hydrogen) atoms. The van der Waals surface area contributed by atoms with Gasteiger partial charge in [-0.2, -0.15) is 5.10 Å². The molecule has 128 valence electrons. The monoisotopic (exact) mass is 357 g/mol. The second-order valence-electron chi connectivity index (χ2n) is 5.49. The van der Waals surface area contributed by atoms with Crippen LogP contribution in [-0.4, -0.2) is 22.8 Å². The Morgan fingerprint density at radius 3 is 2.64 bits per heavy atom. The van der Waals surface area contributed by atoms with Gasteiger partial charge in [-0.3, -0.25) is 9.59 Å². The number of hydrogen-bond acceptors (Lipinski definition) is 4. The summed E-state index contributed by atoms with van der Waals surface area (Å²) < 4.78 is 6.24. The molecule has 0 saturated heterocycles. The van der Waals surface area contributed by atoms with Crippen LogP contribution in [0.2, 0.25) is 5.02 Å². The number of amides is 1. The Balaban J connectivity index is 1.84. The number of aromatic nitrogens is 2. The molecule has 1 amide bonds. The van der Waals surface area contributed by atoms with E-state index in [0.717, 1.165) is 10.1 Å². The minimum absolute atomic E-state index is 0.186. The van der Waals surface area contributed by atoms with Crippen LogP contribution in [0.3, 0.4) is 0 Å². The third-order valence-electron chi connectivity index (χ3n) is 3.78. The smallest absolute Gasteiger partial charge is 0.275 e. The van der Waals surface area contributed by atoms with E-state index in [1.807, 2.05) is 12.1 Å². The van der Waals surface area contributed by atoms with Crippen molar-refractivity contribution in [1.29, 1.82) is 0 Å². The molecule has 0 aliphatic carbocycles. The zero-order chi connectivity index (χ0) is 18.0. The van der Waals surface area contributed by atoms with Gasteiger partial charge in [0.05, 0.1) is 23.2 Å². The highest BCUT2D eigenvalue weighted by molar-refractivity contribution is 6.32. The first-order valence-electron chi connectivity index (χ1n) is 7.59. The second kappa shape index (κ2) is 6.94. The summed E-state index contributed by atoms with van der Waals surface area (Å²) in [5, 5.41) is 8.63. The minimum atomic E-state index is -0.370. The lowest BCUT2D eigenvalue weighted by Gasteiger charge is -2.10. The molecule has 0 fully saturated rings. The maximum Gasteiger partial charge on any atom is 0.275 e. The molecule has 0 unspecified atom stereocenters. The summed E-state index contributed by atoms with van der Waals surface area (Å²) in [7, 11) is 1.51. The van der Waals surface area contributed by atoms with Crippen molar-refractivity contribution in [1.82, 2.24) is 9.78 Å². The number of carbonyl (C=O) groups excluding carboxylic acids is 1. The van der Waals surface area contributed by atoms with Crippen LogP contribution >= 0.6 is 11.6 Å². The van der Waals surface area contributed by atoms with Crippen molar-refractivity contribution in [2.45, 2.75) is 13.5 Å². The van der Waals surface area contributed by atoms with Gasteiger partial charge in [0.25, 0.3) is 5.56 Å². The van der Waals surface area contributed by atoms with Crippen LogP contribution in [0, 0.1) is 6.92 Å². The predicted molar refractivity (Wildman–Crippen MR) is 97.4 cm³/mol. The molecule has 0 aliphatic heterocycles. The number of ether oxygens (including phenoxy) is 1. The van der Waals surface area contributed by atoms with E-state index in [1.54, 1.807) is 37.3 Å². The van der Waals surface area contributed by atoms with E-state index in [-0.39, 0.29) is 18.0 Å². The highest BCUT2D eigenvalue weighted by Gasteiger charge is 2.11. The summed E-state index contributed by atoms with van der Waals surface area (Å²) in [6, 6.07) is 12.1. The van der Waals surface area contributed by atoms with Gasteiger partial charge in [-0.25, -0.2) is 4.68 Å². The van der Waals surface area contributed by atoms with Gasteiger partial charge in [0.15, 0.2) is 0 Å². The topological polar surface area (TPSA) is 73.2 Å². The fourth-order valence-electron chi connectivity index (χ4n) is 2.59. The Kier molecular flexibility index (Phi) is 4.72. The fourth-order valence-corrected chi connectivity index (χ4v) is 2.85. The molecule has 0 spiro atoms. The summed E-state index contributed by atoms with van der Waals surface area (Å²) in [6.07, 6.45) is 0. The average molecular weight is 358 g/mol. The van der Waals surface area contributed by atoms with Crippen LogP contribution in [0.25, 0.3) is 10.8 Å². The minimum Gasteiger partial charge on any atom is -0.495 e. The van der Waals surface area contributed by atoms with E-state index < -0.39 is 0 Å². The molecular weight excluding hydrogens is 342 g/mol. The Hall–Kier alpha value is -2.86. The van der Waals surface area contributed by atoms with E-state index in [0.29, 0.717) is 27.5 Å². The number of aryl methyl sites for hydroxylation is 1. The number of nitrogens with one attached hydrogen (secondary N) is 1. The van der Waals surface area contributed by atoms with Crippen LogP contribution in [0.1, 0.15) is 5.69 Å². The Morgan fingerprint density at radius 2 is 1.96 bits per heavy atom. The summed E-state index contributed by atoms with van der Waals surface area (Å²) in [5.41, 5.74) is 0.904. The zero-order valence-corrected chi connectivity index (χ0v) is 14.5. The molecule has 3 rings (SSSR count). The van der Waals surface area contributed by atoms with Crippen molar-refractivity contribution < 1.29 is 9.53 Å². The van der Waals surface area contributed by atoms with Gasteiger partial charge in [0.2, 0.25) is 5.91 Å². The molecule has 7 heteroatoms. The molecule has 0 atom stereocenters. The second-order valence-corrected chi connectivity index (χ2v) is 5.90. The van der Waals surface area contributed by atoms with Crippen molar-refractivity contribution in [3.63, 3.8) is 0 Å². The Labute approximate surface area is 149 Å². The molecule has 0 radical (unpaired) electrons. The third-order valence-corrected chi connectivity index (χ3v) is 4.08. The zero-order valence-electron chi connectivity index (χ0n) is 13.7. The number of carbonyl (C=O) groups is 1. The first-order valence-corrected chi connectivity index (χ1v) is 7.97. The molecule has 3 aromatic rings. The predicted octanol–water partition coefficient (Wildman–Crippen LogP) is 3.01. The standard InChI is InChI=1S/C18H16ClN3O3/c1-11-13-5-3-4-6-14(13)18(24)22(21-11)10-17(23)20-12-7-8-16(25-2)15(19)9-12/h3-9H,10H2,1-2H3,(H,20,23). The molecule has 0 aliphatic rings. The van der Waals surface area contributed by atoms with Gasteiger partial charge in [-0.1, -0.05) is 29.8 Å².